The van der Waals surface area contributed by atoms with Crippen LogP contribution in [0, 0.1) is 0 Å². The van der Waals surface area contributed by atoms with Crippen molar-refractivity contribution in [3.8, 4) is 0 Å². The van der Waals surface area contributed by atoms with Crippen LogP contribution in [0.25, 0.3) is 0 Å². The fourth-order valence-corrected chi connectivity index (χ4v) is 1.28. The fraction of sp³-hybridized carbons (Fsp3) is 1.00. The van der Waals surface area contributed by atoms with Gasteiger partial charge in [-0.25, -0.2) is 0 Å². The Kier molecular flexibility index (Phi) is 17.1. The van der Waals surface area contributed by atoms with Crippen LogP contribution in [0.3, 0.4) is 0 Å². The molecule has 2 nitrogen and oxygen atoms in total. The highest BCUT2D eigenvalue weighted by Gasteiger charge is 1.98. The SMILES string of the molecule is CCCN(CCC)CCC.CCO. The molecule has 0 amide bonds. The molecule has 13 heavy (non-hydrogen) atoms. The second-order valence-electron chi connectivity index (χ2n) is 3.16. The Labute approximate surface area is 83.9 Å². The summed E-state index contributed by atoms with van der Waals surface area (Å²) in [5, 5.41) is 7.57. The highest BCUT2D eigenvalue weighted by molar-refractivity contribution is 4.53. The zero-order valence-corrected chi connectivity index (χ0v) is 9.84. The number of hydrogen-bond acceptors (Lipinski definition) is 2. The van der Waals surface area contributed by atoms with Gasteiger partial charge in [0.1, 0.15) is 0 Å². The van der Waals surface area contributed by atoms with Crippen molar-refractivity contribution in [2.75, 3.05) is 26.2 Å². The lowest BCUT2D eigenvalue weighted by Crippen LogP contribution is -2.25. The maximum atomic E-state index is 7.57. The van der Waals surface area contributed by atoms with E-state index in [2.05, 4.69) is 25.7 Å². The maximum Gasteiger partial charge on any atom is 0.0402 e. The molecule has 82 valence electrons. The predicted octanol–water partition coefficient (Wildman–Crippen LogP) is 2.52. The van der Waals surface area contributed by atoms with Gasteiger partial charge in [-0.3, -0.25) is 0 Å². The third-order valence-electron chi connectivity index (χ3n) is 1.62. The summed E-state index contributed by atoms with van der Waals surface area (Å²) in [7, 11) is 0. The second kappa shape index (κ2) is 14.4. The maximum absolute atomic E-state index is 7.57. The van der Waals surface area contributed by atoms with Gasteiger partial charge in [-0.2, -0.15) is 0 Å². The van der Waals surface area contributed by atoms with Crippen molar-refractivity contribution >= 4 is 0 Å². The number of nitrogens with zero attached hydrogens (tertiary/aromatic N) is 1. The average Bonchev–Trinajstić information content (AvgIpc) is 2.07. The molecule has 0 aromatic rings. The Bertz CT molecular complexity index is 62.2. The van der Waals surface area contributed by atoms with Crippen molar-refractivity contribution in [3.05, 3.63) is 0 Å². The molecule has 0 unspecified atom stereocenters. The molecular formula is C11H27NO. The zero-order chi connectivity index (χ0) is 10.5. The number of rotatable bonds is 6. The Hall–Kier alpha value is -0.0800. The zero-order valence-electron chi connectivity index (χ0n) is 9.84. The molecule has 0 rings (SSSR count). The van der Waals surface area contributed by atoms with Crippen molar-refractivity contribution in [2.45, 2.75) is 47.0 Å². The minimum Gasteiger partial charge on any atom is -0.397 e. The second-order valence-corrected chi connectivity index (χ2v) is 3.16. The number of hydrogen-bond donors (Lipinski definition) is 1. The van der Waals surface area contributed by atoms with Crippen LogP contribution in [0.1, 0.15) is 47.0 Å². The van der Waals surface area contributed by atoms with Gasteiger partial charge in [0.05, 0.1) is 0 Å². The van der Waals surface area contributed by atoms with E-state index in [-0.39, 0.29) is 6.61 Å². The van der Waals surface area contributed by atoms with Crippen LogP contribution < -0.4 is 0 Å². The van der Waals surface area contributed by atoms with E-state index in [0.717, 1.165) is 0 Å². The van der Waals surface area contributed by atoms with Gasteiger partial charge in [0, 0.05) is 6.61 Å². The molecule has 0 heterocycles. The number of aliphatic hydroxyl groups is 1. The van der Waals surface area contributed by atoms with Gasteiger partial charge < -0.3 is 10.0 Å². The van der Waals surface area contributed by atoms with Crippen LogP contribution in [0.5, 0.6) is 0 Å². The molecule has 0 aromatic carbocycles. The summed E-state index contributed by atoms with van der Waals surface area (Å²) in [5.41, 5.74) is 0. The first-order chi connectivity index (χ1) is 6.26. The van der Waals surface area contributed by atoms with E-state index >= 15 is 0 Å². The Morgan fingerprint density at radius 2 is 1.00 bits per heavy atom. The smallest absolute Gasteiger partial charge is 0.0402 e. The average molecular weight is 189 g/mol. The van der Waals surface area contributed by atoms with Crippen LogP contribution in [0.2, 0.25) is 0 Å². The largest absolute Gasteiger partial charge is 0.397 e. The highest BCUT2D eigenvalue weighted by atomic mass is 16.2. The molecule has 0 bridgehead atoms. The molecule has 0 spiro atoms. The molecule has 0 radical (unpaired) electrons. The molecule has 0 fully saturated rings. The van der Waals surface area contributed by atoms with Gasteiger partial charge in [-0.15, -0.1) is 0 Å². The molecule has 0 saturated carbocycles. The normalized spacial score (nSPS) is 9.69. The molecule has 0 aliphatic rings. The minimum atomic E-state index is 0.250. The van der Waals surface area contributed by atoms with E-state index in [4.69, 9.17) is 5.11 Å². The fourth-order valence-electron chi connectivity index (χ4n) is 1.28. The summed E-state index contributed by atoms with van der Waals surface area (Å²) < 4.78 is 0. The first-order valence-corrected chi connectivity index (χ1v) is 5.59. The summed E-state index contributed by atoms with van der Waals surface area (Å²) in [6, 6.07) is 0. The Morgan fingerprint density at radius 1 is 0.769 bits per heavy atom. The first kappa shape index (κ1) is 15.4. The van der Waals surface area contributed by atoms with Crippen molar-refractivity contribution < 1.29 is 5.11 Å². The Balaban J connectivity index is 0. The van der Waals surface area contributed by atoms with Gasteiger partial charge >= 0.3 is 0 Å². The topological polar surface area (TPSA) is 23.5 Å². The van der Waals surface area contributed by atoms with Gasteiger partial charge in [0.25, 0.3) is 0 Å². The van der Waals surface area contributed by atoms with Crippen molar-refractivity contribution in [1.82, 2.24) is 4.90 Å². The lowest BCUT2D eigenvalue weighted by molar-refractivity contribution is 0.275. The van der Waals surface area contributed by atoms with E-state index in [9.17, 15) is 0 Å². The third-order valence-corrected chi connectivity index (χ3v) is 1.62. The lowest BCUT2D eigenvalue weighted by atomic mass is 10.3. The highest BCUT2D eigenvalue weighted by Crippen LogP contribution is 1.94. The van der Waals surface area contributed by atoms with Crippen LogP contribution in [-0.4, -0.2) is 36.2 Å². The van der Waals surface area contributed by atoms with Gasteiger partial charge in [-0.1, -0.05) is 20.8 Å². The lowest BCUT2D eigenvalue weighted by Gasteiger charge is -2.19. The quantitative estimate of drug-likeness (QED) is 0.694. The van der Waals surface area contributed by atoms with Crippen molar-refractivity contribution in [2.24, 2.45) is 0 Å². The van der Waals surface area contributed by atoms with Crippen LogP contribution >= 0.6 is 0 Å². The molecule has 0 aliphatic heterocycles. The monoisotopic (exact) mass is 189 g/mol. The summed E-state index contributed by atoms with van der Waals surface area (Å²) >= 11 is 0. The standard InChI is InChI=1S/C9H21N.C2H6O/c1-4-7-10(8-5-2)9-6-3;1-2-3/h4-9H2,1-3H3;3H,2H2,1H3. The van der Waals surface area contributed by atoms with Gasteiger partial charge in [0.15, 0.2) is 0 Å². The van der Waals surface area contributed by atoms with Gasteiger partial charge in [-0.05, 0) is 45.8 Å². The van der Waals surface area contributed by atoms with Crippen molar-refractivity contribution in [3.63, 3.8) is 0 Å². The molecule has 0 atom stereocenters. The van der Waals surface area contributed by atoms with Crippen LogP contribution in [-0.2, 0) is 0 Å². The van der Waals surface area contributed by atoms with Crippen molar-refractivity contribution in [1.29, 1.82) is 0 Å². The third kappa shape index (κ3) is 14.7. The number of aliphatic hydroxyl groups excluding tert-OH is 1. The van der Waals surface area contributed by atoms with Gasteiger partial charge in [0.2, 0.25) is 0 Å². The van der Waals surface area contributed by atoms with E-state index in [1.165, 1.54) is 38.9 Å². The summed E-state index contributed by atoms with van der Waals surface area (Å²) in [4.78, 5) is 2.54. The van der Waals surface area contributed by atoms with E-state index in [0.29, 0.717) is 0 Å². The Morgan fingerprint density at radius 3 is 1.15 bits per heavy atom. The first-order valence-electron chi connectivity index (χ1n) is 5.59. The summed E-state index contributed by atoms with van der Waals surface area (Å²) in [6.07, 6.45) is 3.88. The van der Waals surface area contributed by atoms with E-state index in [1.807, 2.05) is 0 Å². The molecule has 1 N–H and O–H groups in total. The molecule has 2 heteroatoms. The van der Waals surface area contributed by atoms with Crippen LogP contribution in [0.4, 0.5) is 0 Å². The molecule has 0 saturated heterocycles. The molecule has 0 aromatic heterocycles. The molecule has 0 aliphatic carbocycles. The summed E-state index contributed by atoms with van der Waals surface area (Å²) in [6.45, 7) is 12.5. The summed E-state index contributed by atoms with van der Waals surface area (Å²) in [5.74, 6) is 0. The minimum absolute atomic E-state index is 0.250. The van der Waals surface area contributed by atoms with Crippen LogP contribution in [0.15, 0.2) is 0 Å². The predicted molar refractivity (Wildman–Crippen MR) is 60.1 cm³/mol. The molecular weight excluding hydrogens is 162 g/mol. The van der Waals surface area contributed by atoms with E-state index in [1.54, 1.807) is 6.92 Å². The van der Waals surface area contributed by atoms with E-state index < -0.39 is 0 Å².